The standard InChI is InChI=1S/C24H31Cl2N3O4S/c1-5-18-10-8-9-11-22(18)29(34(4,32)33)16-23(30)28(21(6-2)24(31)27-7-3)15-17-12-13-19(25)20(26)14-17/h8-14,21H,5-7,15-16H2,1-4H3,(H,27,31). The van der Waals surface area contributed by atoms with Crippen molar-refractivity contribution in [2.45, 2.75) is 46.2 Å². The maximum absolute atomic E-state index is 13.6. The summed E-state index contributed by atoms with van der Waals surface area (Å²) in [5, 5.41) is 3.46. The number of nitrogens with zero attached hydrogens (tertiary/aromatic N) is 2. The number of nitrogens with one attached hydrogen (secondary N) is 1. The molecule has 0 radical (unpaired) electrons. The highest BCUT2D eigenvalue weighted by molar-refractivity contribution is 7.92. The second-order valence-corrected chi connectivity index (χ2v) is 10.6. The number of likely N-dealkylation sites (N-methyl/N-ethyl adjacent to an activating group) is 1. The van der Waals surface area contributed by atoms with E-state index in [2.05, 4.69) is 5.32 Å². The van der Waals surface area contributed by atoms with Gasteiger partial charge in [-0.05, 0) is 49.1 Å². The third-order valence-corrected chi connectivity index (χ3v) is 7.26. The molecule has 7 nitrogen and oxygen atoms in total. The van der Waals surface area contributed by atoms with Gasteiger partial charge < -0.3 is 10.2 Å². The fourth-order valence-electron chi connectivity index (χ4n) is 3.69. The highest BCUT2D eigenvalue weighted by atomic mass is 35.5. The molecule has 0 aliphatic carbocycles. The van der Waals surface area contributed by atoms with Crippen LogP contribution in [0.5, 0.6) is 0 Å². The first-order valence-electron chi connectivity index (χ1n) is 11.1. The predicted octanol–water partition coefficient (Wildman–Crippen LogP) is 4.27. The molecule has 1 N–H and O–H groups in total. The van der Waals surface area contributed by atoms with Crippen molar-refractivity contribution in [2.24, 2.45) is 0 Å². The molecule has 0 bridgehead atoms. The van der Waals surface area contributed by atoms with Crippen LogP contribution in [-0.4, -0.2) is 50.5 Å². The average molecular weight is 529 g/mol. The largest absolute Gasteiger partial charge is 0.355 e. The fraction of sp³-hybridized carbons (Fsp3) is 0.417. The van der Waals surface area contributed by atoms with Crippen LogP contribution in [0.15, 0.2) is 42.5 Å². The maximum Gasteiger partial charge on any atom is 0.244 e. The molecule has 1 atom stereocenters. The van der Waals surface area contributed by atoms with Gasteiger partial charge in [-0.25, -0.2) is 8.42 Å². The van der Waals surface area contributed by atoms with Crippen LogP contribution in [0.3, 0.4) is 0 Å². The summed E-state index contributed by atoms with van der Waals surface area (Å²) in [6, 6.07) is 11.2. The van der Waals surface area contributed by atoms with Crippen molar-refractivity contribution >= 4 is 50.7 Å². The molecule has 0 saturated carbocycles. The van der Waals surface area contributed by atoms with E-state index in [1.807, 2.05) is 19.1 Å². The predicted molar refractivity (Wildman–Crippen MR) is 138 cm³/mol. The maximum atomic E-state index is 13.6. The molecular formula is C24H31Cl2N3O4S. The molecule has 1 unspecified atom stereocenters. The first-order valence-corrected chi connectivity index (χ1v) is 13.7. The first kappa shape index (κ1) is 28.0. The van der Waals surface area contributed by atoms with Crippen LogP contribution < -0.4 is 9.62 Å². The van der Waals surface area contributed by atoms with Crippen LogP contribution in [0.2, 0.25) is 10.0 Å². The Morgan fingerprint density at radius 1 is 1.03 bits per heavy atom. The molecule has 0 aliphatic rings. The molecular weight excluding hydrogens is 497 g/mol. The van der Waals surface area contributed by atoms with Crippen molar-refractivity contribution < 1.29 is 18.0 Å². The molecule has 2 aromatic rings. The Bertz CT molecular complexity index is 1120. The van der Waals surface area contributed by atoms with E-state index in [4.69, 9.17) is 23.2 Å². The van der Waals surface area contributed by atoms with Gasteiger partial charge in [0, 0.05) is 13.1 Å². The first-order chi connectivity index (χ1) is 16.0. The number of aryl methyl sites for hydroxylation is 1. The van der Waals surface area contributed by atoms with E-state index in [-0.39, 0.29) is 12.5 Å². The van der Waals surface area contributed by atoms with Gasteiger partial charge in [-0.1, -0.05) is 61.3 Å². The van der Waals surface area contributed by atoms with Crippen LogP contribution >= 0.6 is 23.2 Å². The molecule has 0 aliphatic heterocycles. The van der Waals surface area contributed by atoms with E-state index in [1.165, 1.54) is 4.90 Å². The van der Waals surface area contributed by atoms with Gasteiger partial charge in [-0.3, -0.25) is 13.9 Å². The Morgan fingerprint density at radius 3 is 2.26 bits per heavy atom. The number of carbonyl (C=O) groups is 2. The van der Waals surface area contributed by atoms with E-state index in [0.29, 0.717) is 40.7 Å². The second kappa shape index (κ2) is 12.4. The van der Waals surface area contributed by atoms with Gasteiger partial charge in [0.25, 0.3) is 0 Å². The molecule has 186 valence electrons. The Labute approximate surface area is 212 Å². The van der Waals surface area contributed by atoms with Crippen molar-refractivity contribution in [1.29, 1.82) is 0 Å². The quantitative estimate of drug-likeness (QED) is 0.472. The highest BCUT2D eigenvalue weighted by Gasteiger charge is 2.32. The van der Waals surface area contributed by atoms with Gasteiger partial charge in [0.1, 0.15) is 12.6 Å². The lowest BCUT2D eigenvalue weighted by molar-refractivity contribution is -0.140. The number of carbonyl (C=O) groups excluding carboxylic acids is 2. The van der Waals surface area contributed by atoms with Crippen molar-refractivity contribution in [2.75, 3.05) is 23.7 Å². The zero-order chi connectivity index (χ0) is 25.5. The lowest BCUT2D eigenvalue weighted by Crippen LogP contribution is -2.52. The van der Waals surface area contributed by atoms with Gasteiger partial charge in [0.05, 0.1) is 22.0 Å². The number of benzene rings is 2. The van der Waals surface area contributed by atoms with Gasteiger partial charge in [-0.15, -0.1) is 0 Å². The molecule has 0 aromatic heterocycles. The summed E-state index contributed by atoms with van der Waals surface area (Å²) in [6.45, 7) is 5.55. The van der Waals surface area contributed by atoms with Gasteiger partial charge in [-0.2, -0.15) is 0 Å². The molecule has 0 spiro atoms. The van der Waals surface area contributed by atoms with E-state index in [0.717, 1.165) is 16.1 Å². The molecule has 0 saturated heterocycles. The Balaban J connectivity index is 2.49. The van der Waals surface area contributed by atoms with Crippen LogP contribution in [0.1, 0.15) is 38.3 Å². The average Bonchev–Trinajstić information content (AvgIpc) is 2.79. The summed E-state index contributed by atoms with van der Waals surface area (Å²) >= 11 is 12.2. The summed E-state index contributed by atoms with van der Waals surface area (Å²) in [4.78, 5) is 27.8. The van der Waals surface area contributed by atoms with Crippen molar-refractivity contribution in [1.82, 2.24) is 10.2 Å². The minimum atomic E-state index is -3.78. The monoisotopic (exact) mass is 527 g/mol. The molecule has 0 fully saturated rings. The second-order valence-electron chi connectivity index (χ2n) is 7.84. The van der Waals surface area contributed by atoms with Crippen molar-refractivity contribution in [3.8, 4) is 0 Å². The summed E-state index contributed by atoms with van der Waals surface area (Å²) in [5.41, 5.74) is 1.92. The van der Waals surface area contributed by atoms with E-state index >= 15 is 0 Å². The van der Waals surface area contributed by atoms with Gasteiger partial charge in [0.15, 0.2) is 0 Å². The number of amides is 2. The Morgan fingerprint density at radius 2 is 1.71 bits per heavy atom. The zero-order valence-electron chi connectivity index (χ0n) is 19.8. The number of hydrogen-bond donors (Lipinski definition) is 1. The number of rotatable bonds is 11. The molecule has 2 rings (SSSR count). The lowest BCUT2D eigenvalue weighted by Gasteiger charge is -2.33. The van der Waals surface area contributed by atoms with Crippen LogP contribution in [-0.2, 0) is 32.6 Å². The van der Waals surface area contributed by atoms with Gasteiger partial charge >= 0.3 is 0 Å². The highest BCUT2D eigenvalue weighted by Crippen LogP contribution is 2.26. The lowest BCUT2D eigenvalue weighted by atomic mass is 10.1. The summed E-state index contributed by atoms with van der Waals surface area (Å²) < 4.78 is 26.5. The summed E-state index contributed by atoms with van der Waals surface area (Å²) in [6.07, 6.45) is 2.01. The number of para-hydroxylation sites is 1. The third-order valence-electron chi connectivity index (χ3n) is 5.39. The molecule has 2 amide bonds. The molecule has 34 heavy (non-hydrogen) atoms. The minimum absolute atomic E-state index is 0.0678. The minimum Gasteiger partial charge on any atom is -0.355 e. The molecule has 10 heteroatoms. The van der Waals surface area contributed by atoms with Crippen LogP contribution in [0.4, 0.5) is 5.69 Å². The summed E-state index contributed by atoms with van der Waals surface area (Å²) in [5.74, 6) is -0.807. The number of sulfonamides is 1. The SMILES string of the molecule is CCNC(=O)C(CC)N(Cc1ccc(Cl)c(Cl)c1)C(=O)CN(c1ccccc1CC)S(C)(=O)=O. The van der Waals surface area contributed by atoms with Crippen molar-refractivity contribution in [3.05, 3.63) is 63.6 Å². The summed E-state index contributed by atoms with van der Waals surface area (Å²) in [7, 11) is -3.78. The normalized spacial score (nSPS) is 12.2. The van der Waals surface area contributed by atoms with E-state index < -0.39 is 28.5 Å². The fourth-order valence-corrected chi connectivity index (χ4v) is 4.90. The smallest absolute Gasteiger partial charge is 0.244 e. The number of anilines is 1. The molecule has 2 aromatic carbocycles. The number of halogens is 2. The topological polar surface area (TPSA) is 86.8 Å². The third kappa shape index (κ3) is 7.10. The Kier molecular flexibility index (Phi) is 10.2. The van der Waals surface area contributed by atoms with Crippen molar-refractivity contribution in [3.63, 3.8) is 0 Å². The van der Waals surface area contributed by atoms with E-state index in [9.17, 15) is 18.0 Å². The van der Waals surface area contributed by atoms with Crippen LogP contribution in [0, 0.1) is 0 Å². The Hall–Kier alpha value is -2.29. The zero-order valence-corrected chi connectivity index (χ0v) is 22.2. The molecule has 0 heterocycles. The van der Waals surface area contributed by atoms with Gasteiger partial charge in [0.2, 0.25) is 21.8 Å². The number of hydrogen-bond acceptors (Lipinski definition) is 4. The van der Waals surface area contributed by atoms with Crippen LogP contribution in [0.25, 0.3) is 0 Å². The van der Waals surface area contributed by atoms with E-state index in [1.54, 1.807) is 44.2 Å².